The maximum Gasteiger partial charge on any atom is 0.277 e. The van der Waals surface area contributed by atoms with Gasteiger partial charge < -0.3 is 14.6 Å². The Morgan fingerprint density at radius 1 is 1.24 bits per heavy atom. The lowest BCUT2D eigenvalue weighted by molar-refractivity contribution is -0.117. The van der Waals surface area contributed by atoms with Crippen LogP contribution in [0.25, 0.3) is 11.5 Å². The fourth-order valence-corrected chi connectivity index (χ4v) is 4.25. The first kappa shape index (κ1) is 19.7. The zero-order chi connectivity index (χ0) is 20.4. The average molecular weight is 473 g/mol. The molecule has 9 heteroatoms. The zero-order valence-electron chi connectivity index (χ0n) is 15.5. The third kappa shape index (κ3) is 4.20. The van der Waals surface area contributed by atoms with Crippen molar-refractivity contribution in [1.82, 2.24) is 10.2 Å². The molecule has 0 aliphatic carbocycles. The van der Waals surface area contributed by atoms with Crippen LogP contribution in [0, 0.1) is 0 Å². The Balaban J connectivity index is 1.50. The van der Waals surface area contributed by atoms with Crippen molar-refractivity contribution in [3.8, 4) is 11.5 Å². The lowest BCUT2D eigenvalue weighted by atomic mass is 10.2. The van der Waals surface area contributed by atoms with E-state index in [-0.39, 0.29) is 30.0 Å². The summed E-state index contributed by atoms with van der Waals surface area (Å²) in [7, 11) is 0. The molecule has 29 heavy (non-hydrogen) atoms. The summed E-state index contributed by atoms with van der Waals surface area (Å²) in [6.45, 7) is 1.86. The summed E-state index contributed by atoms with van der Waals surface area (Å²) < 4.78 is 6.55. The third-order valence-electron chi connectivity index (χ3n) is 4.46. The van der Waals surface area contributed by atoms with Crippen LogP contribution in [0.2, 0.25) is 0 Å². The van der Waals surface area contributed by atoms with Gasteiger partial charge in [0, 0.05) is 16.9 Å². The Hall–Kier alpha value is -2.65. The molecular formula is C20H17BrN4O3S. The van der Waals surface area contributed by atoms with Gasteiger partial charge in [0.05, 0.1) is 22.7 Å². The Bertz CT molecular complexity index is 1070. The molecule has 0 spiro atoms. The summed E-state index contributed by atoms with van der Waals surface area (Å²) in [6.07, 6.45) is 0.234. The highest BCUT2D eigenvalue weighted by molar-refractivity contribution is 9.10. The smallest absolute Gasteiger partial charge is 0.277 e. The number of nitrogens with zero attached hydrogens (tertiary/aromatic N) is 3. The van der Waals surface area contributed by atoms with Crippen molar-refractivity contribution >= 4 is 50.9 Å². The maximum atomic E-state index is 13.0. The Morgan fingerprint density at radius 3 is 2.83 bits per heavy atom. The van der Waals surface area contributed by atoms with Crippen molar-refractivity contribution in [2.45, 2.75) is 24.6 Å². The minimum Gasteiger partial charge on any atom is -0.411 e. The number of fused-ring (bicyclic) bond motifs is 1. The molecule has 0 unspecified atom stereocenters. The number of rotatable bonds is 4. The minimum absolute atomic E-state index is 0.108. The van der Waals surface area contributed by atoms with Crippen LogP contribution in [-0.2, 0) is 9.59 Å². The second-order valence-electron chi connectivity index (χ2n) is 6.52. The summed E-state index contributed by atoms with van der Waals surface area (Å²) in [6, 6.07) is 14.6. The summed E-state index contributed by atoms with van der Waals surface area (Å²) >= 11 is 4.64. The van der Waals surface area contributed by atoms with E-state index in [0.717, 1.165) is 10.0 Å². The quantitative estimate of drug-likeness (QED) is 0.567. The van der Waals surface area contributed by atoms with Crippen LogP contribution >= 0.6 is 27.7 Å². The first-order valence-corrected chi connectivity index (χ1v) is 10.7. The number of para-hydroxylation sites is 2. The molecule has 3 aromatic rings. The van der Waals surface area contributed by atoms with Crippen LogP contribution in [0.5, 0.6) is 0 Å². The van der Waals surface area contributed by atoms with E-state index < -0.39 is 0 Å². The van der Waals surface area contributed by atoms with Crippen molar-refractivity contribution < 1.29 is 14.0 Å². The van der Waals surface area contributed by atoms with Crippen LogP contribution in [0.4, 0.5) is 11.4 Å². The van der Waals surface area contributed by atoms with Crippen molar-refractivity contribution in [3.05, 3.63) is 53.0 Å². The van der Waals surface area contributed by atoms with Gasteiger partial charge in [-0.15, -0.1) is 10.2 Å². The van der Waals surface area contributed by atoms with Gasteiger partial charge in [0.25, 0.3) is 5.22 Å². The van der Waals surface area contributed by atoms with Gasteiger partial charge in [-0.05, 0) is 47.1 Å². The lowest BCUT2D eigenvalue weighted by Gasteiger charge is -2.27. The number of anilines is 2. The number of thioether (sulfide) groups is 1. The normalized spacial score (nSPS) is 16.1. The Kier molecular flexibility index (Phi) is 5.68. The van der Waals surface area contributed by atoms with Crippen LogP contribution in [-0.4, -0.2) is 33.8 Å². The average Bonchev–Trinajstić information content (AvgIpc) is 3.12. The molecular weight excluding hydrogens is 456 g/mol. The van der Waals surface area contributed by atoms with Crippen molar-refractivity contribution in [2.24, 2.45) is 0 Å². The van der Waals surface area contributed by atoms with Gasteiger partial charge in [-0.2, -0.15) is 0 Å². The second-order valence-corrected chi connectivity index (χ2v) is 8.30. The molecule has 1 aromatic heterocycles. The molecule has 2 amide bonds. The molecule has 2 aromatic carbocycles. The number of carbonyl (C=O) groups is 2. The predicted molar refractivity (Wildman–Crippen MR) is 115 cm³/mol. The molecule has 0 bridgehead atoms. The first-order chi connectivity index (χ1) is 14.0. The first-order valence-electron chi connectivity index (χ1n) is 8.95. The van der Waals surface area contributed by atoms with E-state index in [4.69, 9.17) is 4.42 Å². The summed E-state index contributed by atoms with van der Waals surface area (Å²) in [5.74, 6) is 0.260. The topological polar surface area (TPSA) is 88.3 Å². The highest BCUT2D eigenvalue weighted by Crippen LogP contribution is 2.33. The number of halogens is 1. The van der Waals surface area contributed by atoms with Gasteiger partial charge in [0.15, 0.2) is 0 Å². The van der Waals surface area contributed by atoms with Gasteiger partial charge in [0.2, 0.25) is 17.7 Å². The number of carbonyl (C=O) groups excluding carboxylic acids is 2. The molecule has 1 aliphatic rings. The predicted octanol–water partition coefficient (Wildman–Crippen LogP) is 4.36. The summed E-state index contributed by atoms with van der Waals surface area (Å²) in [5.41, 5.74) is 2.11. The van der Waals surface area contributed by atoms with Gasteiger partial charge in [0.1, 0.15) is 0 Å². The minimum atomic E-state index is -0.259. The fourth-order valence-electron chi connectivity index (χ4n) is 3.17. The van der Waals surface area contributed by atoms with E-state index in [2.05, 4.69) is 31.4 Å². The second kappa shape index (κ2) is 8.38. The number of hydrogen-bond acceptors (Lipinski definition) is 6. The van der Waals surface area contributed by atoms with Crippen LogP contribution in [0.1, 0.15) is 13.3 Å². The molecule has 0 radical (unpaired) electrons. The molecule has 0 saturated heterocycles. The fraction of sp³-hybridized carbons (Fsp3) is 0.200. The Labute approximate surface area is 180 Å². The van der Waals surface area contributed by atoms with E-state index in [1.165, 1.54) is 11.8 Å². The lowest BCUT2D eigenvalue weighted by Crippen LogP contribution is -2.40. The molecule has 7 nitrogen and oxygen atoms in total. The van der Waals surface area contributed by atoms with Crippen LogP contribution < -0.4 is 10.2 Å². The SMILES string of the molecule is C[C@@H]1CC(=O)Nc2ccccc2N1C(=O)CSc1nnc(-c2ccccc2Br)o1. The van der Waals surface area contributed by atoms with Gasteiger partial charge in [-0.3, -0.25) is 9.59 Å². The van der Waals surface area contributed by atoms with Gasteiger partial charge in [-0.1, -0.05) is 36.0 Å². The molecule has 1 aliphatic heterocycles. The third-order valence-corrected chi connectivity index (χ3v) is 5.95. The largest absolute Gasteiger partial charge is 0.411 e. The standard InChI is InChI=1S/C20H17BrN4O3S/c1-12-10-17(26)22-15-8-4-5-9-16(15)25(12)18(27)11-29-20-24-23-19(28-20)13-6-2-3-7-14(13)21/h2-9,12H,10-11H2,1H3,(H,22,26)/t12-/m1/s1. The van der Waals surface area contributed by atoms with Crippen LogP contribution in [0.3, 0.4) is 0 Å². The molecule has 1 atom stereocenters. The summed E-state index contributed by atoms with van der Waals surface area (Å²) in [5, 5.41) is 11.3. The van der Waals surface area contributed by atoms with Gasteiger partial charge in [-0.25, -0.2) is 0 Å². The van der Waals surface area contributed by atoms with E-state index in [9.17, 15) is 9.59 Å². The highest BCUT2D eigenvalue weighted by Gasteiger charge is 2.29. The molecule has 0 saturated carbocycles. The Morgan fingerprint density at radius 2 is 2.00 bits per heavy atom. The highest BCUT2D eigenvalue weighted by atomic mass is 79.9. The van der Waals surface area contributed by atoms with E-state index in [1.807, 2.05) is 49.4 Å². The number of benzene rings is 2. The van der Waals surface area contributed by atoms with E-state index >= 15 is 0 Å². The van der Waals surface area contributed by atoms with Crippen molar-refractivity contribution in [1.29, 1.82) is 0 Å². The van der Waals surface area contributed by atoms with Crippen molar-refractivity contribution in [3.63, 3.8) is 0 Å². The monoisotopic (exact) mass is 472 g/mol. The number of amides is 2. The van der Waals surface area contributed by atoms with E-state index in [0.29, 0.717) is 22.5 Å². The molecule has 1 N–H and O–H groups in total. The van der Waals surface area contributed by atoms with Crippen molar-refractivity contribution in [2.75, 3.05) is 16.0 Å². The van der Waals surface area contributed by atoms with E-state index in [1.54, 1.807) is 11.0 Å². The van der Waals surface area contributed by atoms with Crippen LogP contribution in [0.15, 0.2) is 62.6 Å². The zero-order valence-corrected chi connectivity index (χ0v) is 17.9. The molecule has 2 heterocycles. The molecule has 148 valence electrons. The van der Waals surface area contributed by atoms with Gasteiger partial charge >= 0.3 is 0 Å². The maximum absolute atomic E-state index is 13.0. The number of hydrogen-bond donors (Lipinski definition) is 1. The summed E-state index contributed by atoms with van der Waals surface area (Å²) in [4.78, 5) is 26.7. The molecule has 0 fully saturated rings. The molecule has 4 rings (SSSR count). The number of nitrogens with one attached hydrogen (secondary N) is 1. The number of aromatic nitrogens is 2.